The van der Waals surface area contributed by atoms with Crippen molar-refractivity contribution in [3.05, 3.63) is 18.5 Å². The number of hydrogen-bond acceptors (Lipinski definition) is 9. The highest BCUT2D eigenvalue weighted by Gasteiger charge is 2.31. The van der Waals surface area contributed by atoms with Gasteiger partial charge in [0.2, 0.25) is 0 Å². The van der Waals surface area contributed by atoms with E-state index in [1.807, 2.05) is 155 Å². The van der Waals surface area contributed by atoms with Gasteiger partial charge in [-0.25, -0.2) is 0 Å². The van der Waals surface area contributed by atoms with Gasteiger partial charge in [-0.2, -0.15) is 5.10 Å². The van der Waals surface area contributed by atoms with E-state index >= 15 is 0 Å². The summed E-state index contributed by atoms with van der Waals surface area (Å²) in [4.78, 5) is 5.00. The summed E-state index contributed by atoms with van der Waals surface area (Å²) in [5.41, 5.74) is 2.36. The van der Waals surface area contributed by atoms with E-state index in [1.54, 1.807) is 6.20 Å². The summed E-state index contributed by atoms with van der Waals surface area (Å²) in [5, 5.41) is 7.49. The first kappa shape index (κ1) is 108. The Morgan fingerprint density at radius 1 is 0.341 bits per heavy atom. The quantitative estimate of drug-likeness (QED) is 0.273. The van der Waals surface area contributed by atoms with Crippen LogP contribution in [0.4, 0.5) is 0 Å². The zero-order chi connectivity index (χ0) is 71.7. The Hall–Kier alpha value is -1.11. The average Bonchev–Trinajstić information content (AvgIpc) is 4.43. The molecular formula is C78H177N5O5. The summed E-state index contributed by atoms with van der Waals surface area (Å²) in [6.07, 6.45) is 14.3. The zero-order valence-corrected chi connectivity index (χ0v) is 68.9. The van der Waals surface area contributed by atoms with Gasteiger partial charge in [-0.3, -0.25) is 14.5 Å². The molecular weight excluding hydrogens is 1090 g/mol. The lowest BCUT2D eigenvalue weighted by molar-refractivity contribution is -0.0821. The van der Waals surface area contributed by atoms with Crippen LogP contribution in [0.15, 0.2) is 18.5 Å². The number of aromatic nitrogens is 2. The van der Waals surface area contributed by atoms with Crippen molar-refractivity contribution in [1.82, 2.24) is 24.9 Å². The highest BCUT2D eigenvalue weighted by Crippen LogP contribution is 2.34. The lowest BCUT2D eigenvalue weighted by Gasteiger charge is -2.38. The Bertz CT molecular complexity index is 1230. The van der Waals surface area contributed by atoms with Crippen LogP contribution < -0.4 is 5.32 Å². The third-order valence-electron chi connectivity index (χ3n) is 14.4. The predicted octanol–water partition coefficient (Wildman–Crippen LogP) is 23.2. The van der Waals surface area contributed by atoms with Crippen LogP contribution in [0, 0.1) is 45.8 Å². The number of nitrogens with one attached hydrogen (secondary N) is 1. The van der Waals surface area contributed by atoms with Crippen molar-refractivity contribution in [3.63, 3.8) is 0 Å². The molecule has 0 aromatic carbocycles. The molecule has 1 aromatic heterocycles. The van der Waals surface area contributed by atoms with Crippen molar-refractivity contribution in [1.29, 1.82) is 0 Å². The molecule has 7 fully saturated rings. The van der Waals surface area contributed by atoms with E-state index in [1.165, 1.54) is 77.5 Å². The summed E-state index contributed by atoms with van der Waals surface area (Å²) >= 11 is 0. The fourth-order valence-corrected chi connectivity index (χ4v) is 8.58. The van der Waals surface area contributed by atoms with Crippen LogP contribution >= 0.6 is 0 Å². The number of hydrogen-bond donors (Lipinski definition) is 1. The van der Waals surface area contributed by atoms with Gasteiger partial charge in [-0.1, -0.05) is 215 Å². The third-order valence-corrected chi connectivity index (χ3v) is 14.4. The average molecular weight is 1270 g/mol. The molecule has 0 saturated carbocycles. The third kappa shape index (κ3) is 69.2. The fraction of sp³-hybridized carbons (Fsp3) is 0.962. The monoisotopic (exact) mass is 1260 g/mol. The second kappa shape index (κ2) is 71.7. The van der Waals surface area contributed by atoms with Crippen LogP contribution in [0.25, 0.3) is 0 Å². The molecule has 8 rings (SSSR count). The van der Waals surface area contributed by atoms with Gasteiger partial charge in [-0.15, -0.1) is 0 Å². The maximum atomic E-state index is 5.29. The van der Waals surface area contributed by atoms with Crippen LogP contribution in [0.3, 0.4) is 0 Å². The second-order valence-corrected chi connectivity index (χ2v) is 26.9. The molecule has 1 aromatic rings. The van der Waals surface area contributed by atoms with Crippen molar-refractivity contribution in [2.75, 3.05) is 105 Å². The van der Waals surface area contributed by atoms with Gasteiger partial charge < -0.3 is 29.0 Å². The Morgan fingerprint density at radius 3 is 0.807 bits per heavy atom. The van der Waals surface area contributed by atoms with Gasteiger partial charge in [-0.05, 0) is 186 Å². The molecule has 7 aliphatic heterocycles. The Labute approximate surface area is 560 Å². The highest BCUT2D eigenvalue weighted by molar-refractivity contribution is 4.84. The van der Waals surface area contributed by atoms with E-state index in [-0.39, 0.29) is 5.54 Å². The number of ether oxygens (including phenoxy) is 5. The molecule has 7 aliphatic rings. The molecule has 0 radical (unpaired) electrons. The normalized spacial score (nSPS) is 18.9. The Morgan fingerprint density at radius 2 is 0.648 bits per heavy atom. The number of nitrogens with zero attached hydrogens (tertiary/aromatic N) is 4. The fourth-order valence-electron chi connectivity index (χ4n) is 8.58. The van der Waals surface area contributed by atoms with Gasteiger partial charge in [0, 0.05) is 82.1 Å². The Balaban J connectivity index is -0.0000000951. The first-order valence-electron chi connectivity index (χ1n) is 37.5. The molecule has 2 atom stereocenters. The van der Waals surface area contributed by atoms with Crippen LogP contribution in [-0.2, 0) is 29.2 Å². The van der Waals surface area contributed by atoms with Crippen molar-refractivity contribution >= 4 is 0 Å². The van der Waals surface area contributed by atoms with E-state index < -0.39 is 0 Å². The van der Waals surface area contributed by atoms with E-state index in [4.69, 9.17) is 23.7 Å². The SMILES string of the molecule is CC.CC.CC.CC.CC.CC.CC.CC.CC.CC.CC(C)(C)C1CCNCC1.CC(C)(C)C1CCOCC1.CC(C)(C)C1COC1.CC(C)(C)N1CCCC1.CC(C)(C)N1CCOCC1.CC(C)(C)n1cccn1.C[C@@H]1CCOC1.C[C@H]1CCOC1. The van der Waals surface area contributed by atoms with Gasteiger partial charge in [0.1, 0.15) is 0 Å². The number of rotatable bonds is 0. The molecule has 0 spiro atoms. The van der Waals surface area contributed by atoms with Crippen LogP contribution in [0.5, 0.6) is 0 Å². The van der Waals surface area contributed by atoms with Gasteiger partial charge in [0.15, 0.2) is 0 Å². The van der Waals surface area contributed by atoms with Crippen molar-refractivity contribution < 1.29 is 23.7 Å². The number of piperidine rings is 1. The molecule has 7 saturated heterocycles. The van der Waals surface area contributed by atoms with E-state index in [0.29, 0.717) is 27.3 Å². The lowest BCUT2D eigenvalue weighted by Crippen LogP contribution is -2.47. The molecule has 0 bridgehead atoms. The highest BCUT2D eigenvalue weighted by atomic mass is 16.5. The first-order valence-corrected chi connectivity index (χ1v) is 37.5. The second-order valence-electron chi connectivity index (χ2n) is 26.9. The minimum absolute atomic E-state index is 0.128. The number of likely N-dealkylation sites (tertiary alicyclic amines) is 1. The van der Waals surface area contributed by atoms with E-state index in [9.17, 15) is 0 Å². The molecule has 0 amide bonds. The molecule has 1 N–H and O–H groups in total. The maximum Gasteiger partial charge on any atom is 0.0594 e. The zero-order valence-electron chi connectivity index (χ0n) is 68.9. The van der Waals surface area contributed by atoms with Crippen LogP contribution in [0.2, 0.25) is 0 Å². The topological polar surface area (TPSA) is 82.5 Å². The van der Waals surface area contributed by atoms with E-state index in [0.717, 1.165) is 109 Å². The van der Waals surface area contributed by atoms with Crippen molar-refractivity contribution in [2.45, 2.75) is 345 Å². The van der Waals surface area contributed by atoms with E-state index in [2.05, 4.69) is 159 Å². The smallest absolute Gasteiger partial charge is 0.0594 e. The molecule has 0 unspecified atom stereocenters. The first-order chi connectivity index (χ1) is 41.4. The maximum absolute atomic E-state index is 5.29. The van der Waals surface area contributed by atoms with Gasteiger partial charge in [0.05, 0.1) is 32.0 Å². The minimum atomic E-state index is 0.128. The lowest BCUT2D eigenvalue weighted by atomic mass is 9.76. The summed E-state index contributed by atoms with van der Waals surface area (Å²) in [5.74, 6) is 4.27. The number of morpholine rings is 1. The van der Waals surface area contributed by atoms with Crippen molar-refractivity contribution in [2.24, 2.45) is 45.8 Å². The van der Waals surface area contributed by atoms with Crippen molar-refractivity contribution in [3.8, 4) is 0 Å². The molecule has 88 heavy (non-hydrogen) atoms. The van der Waals surface area contributed by atoms with Gasteiger partial charge in [0.25, 0.3) is 0 Å². The standard InChI is InChI=1S/C9H19N.C9H18O.C8H17NO.C8H17N.C7H12N2.C7H14O.2C5H10O.10C2H6/c2*1-9(2,3)8-4-6-10-7-5-8;1-8(2,3)9-4-6-10-7-5-9;1-8(2,3)9-6-4-5-7-9;1-7(2,3)9-6-4-5-8-9;1-7(2,3)6-4-8-5-6;2*1-5-2-3-6-4-5;10*1-2/h8,10H,4-7H2,1-3H3;8H,4-7H2,1-3H3;4-7H2,1-3H3;4-7H2,1-3H3;4-6H,1-3H3;6H,4-5H2,1-3H3;2*5H,2-4H2,1H3;10*1-2H3/t;;;;;;2*5-;;;;;;;;;;/m......10........../s1. The summed E-state index contributed by atoms with van der Waals surface area (Å²) < 4.78 is 27.7. The van der Waals surface area contributed by atoms with Crippen LogP contribution in [0.1, 0.15) is 328 Å². The van der Waals surface area contributed by atoms with Gasteiger partial charge >= 0.3 is 0 Å². The molecule has 10 nitrogen and oxygen atoms in total. The molecule has 8 heterocycles. The Kier molecular flexibility index (Phi) is 88.4. The summed E-state index contributed by atoms with van der Waals surface area (Å²) in [7, 11) is 0. The molecule has 544 valence electrons. The summed E-state index contributed by atoms with van der Waals surface area (Å²) in [6.45, 7) is 102. The van der Waals surface area contributed by atoms with Crippen LogP contribution in [-0.4, -0.2) is 136 Å². The largest absolute Gasteiger partial charge is 0.381 e. The molecule has 0 aliphatic carbocycles. The predicted molar refractivity (Wildman–Crippen MR) is 404 cm³/mol. The molecule has 10 heteroatoms. The minimum Gasteiger partial charge on any atom is -0.381 e. The summed E-state index contributed by atoms with van der Waals surface area (Å²) in [6, 6.07) is 1.94.